The van der Waals surface area contributed by atoms with Gasteiger partial charge in [-0.15, -0.1) is 0 Å². The van der Waals surface area contributed by atoms with E-state index >= 15 is 0 Å². The third-order valence-electron chi connectivity index (χ3n) is 3.10. The van der Waals surface area contributed by atoms with E-state index in [1.165, 1.54) is 100 Å². The maximum atomic E-state index is 2.29. The average Bonchev–Trinajstić information content (AvgIpc) is 2.26. The molecule has 0 spiro atoms. The minimum Gasteiger partial charge on any atom is 0 e. The molecule has 0 unspecified atom stereocenters. The second-order valence-corrected chi connectivity index (χ2v) is 6.23. The van der Waals surface area contributed by atoms with E-state index in [0.717, 1.165) is 0 Å². The van der Waals surface area contributed by atoms with Crippen LogP contribution < -0.4 is 0 Å². The molecule has 89 valence electrons. The maximum Gasteiger partial charge on any atom is 0 e. The van der Waals surface area contributed by atoms with Crippen LogP contribution in [0.5, 0.6) is 0 Å². The molecular formula is C14H29Zn2. The summed E-state index contributed by atoms with van der Waals surface area (Å²) in [6.45, 7) is 2.29. The van der Waals surface area contributed by atoms with E-state index in [9.17, 15) is 0 Å². The molecule has 0 saturated heterocycles. The fourth-order valence-corrected chi connectivity index (χ4v) is 2.76. The summed E-state index contributed by atoms with van der Waals surface area (Å²) in [6.07, 6.45) is 17.7. The van der Waals surface area contributed by atoms with Gasteiger partial charge in [0, 0.05) is 19.5 Å². The molecule has 0 aromatic carbocycles. The summed E-state index contributed by atoms with van der Waals surface area (Å²) in [7, 11) is 0. The van der Waals surface area contributed by atoms with Crippen molar-refractivity contribution in [2.45, 2.75) is 89.0 Å². The third-order valence-corrected chi connectivity index (χ3v) is 4.15. The summed E-state index contributed by atoms with van der Waals surface area (Å²) in [4.78, 5) is 0. The van der Waals surface area contributed by atoms with Gasteiger partial charge in [0.15, 0.2) is 0 Å². The molecular weight excluding hydrogens is 299 g/mol. The van der Waals surface area contributed by atoms with Crippen LogP contribution in [0.4, 0.5) is 0 Å². The van der Waals surface area contributed by atoms with Gasteiger partial charge in [0.25, 0.3) is 0 Å². The Kier molecular flexibility index (Phi) is 22.8. The van der Waals surface area contributed by atoms with E-state index < -0.39 is 0 Å². The number of rotatable bonds is 12. The monoisotopic (exact) mass is 325 g/mol. The molecule has 2 heteroatoms. The van der Waals surface area contributed by atoms with Gasteiger partial charge in [0.2, 0.25) is 0 Å². The van der Waals surface area contributed by atoms with Gasteiger partial charge in [-0.25, -0.2) is 0 Å². The quantitative estimate of drug-likeness (QED) is 0.321. The van der Waals surface area contributed by atoms with E-state index in [0.29, 0.717) is 0 Å². The minimum absolute atomic E-state index is 0. The molecule has 0 N–H and O–H groups in total. The molecule has 0 saturated carbocycles. The molecule has 0 fully saturated rings. The first-order valence-electron chi connectivity index (χ1n) is 7.21. The summed E-state index contributed by atoms with van der Waals surface area (Å²) in [5, 5.41) is 1.50. The van der Waals surface area contributed by atoms with Crippen LogP contribution in [0, 0.1) is 0 Å². The molecule has 0 aromatic rings. The first-order chi connectivity index (χ1) is 7.41. The van der Waals surface area contributed by atoms with Gasteiger partial charge >= 0.3 is 93.9 Å². The topological polar surface area (TPSA) is 0 Å². The summed E-state index contributed by atoms with van der Waals surface area (Å²) in [5.41, 5.74) is 0. The summed E-state index contributed by atoms with van der Waals surface area (Å²) >= 11 is 1.50. The van der Waals surface area contributed by atoms with Crippen molar-refractivity contribution in [2.75, 3.05) is 0 Å². The van der Waals surface area contributed by atoms with Gasteiger partial charge in [-0.2, -0.15) is 0 Å². The molecule has 0 atom stereocenters. The van der Waals surface area contributed by atoms with Crippen molar-refractivity contribution >= 4 is 0 Å². The van der Waals surface area contributed by atoms with Crippen LogP contribution in [0.2, 0.25) is 5.02 Å². The normalized spacial score (nSPS) is 10.2. The van der Waals surface area contributed by atoms with Crippen molar-refractivity contribution in [3.63, 3.8) is 0 Å². The van der Waals surface area contributed by atoms with Crippen LogP contribution in [-0.2, 0) is 37.8 Å². The van der Waals surface area contributed by atoms with E-state index in [2.05, 4.69) is 6.92 Å². The van der Waals surface area contributed by atoms with Crippen molar-refractivity contribution in [3.05, 3.63) is 0 Å². The molecule has 16 heavy (non-hydrogen) atoms. The van der Waals surface area contributed by atoms with Crippen molar-refractivity contribution in [1.82, 2.24) is 0 Å². The molecule has 0 amide bonds. The summed E-state index contributed by atoms with van der Waals surface area (Å²) in [6, 6.07) is 0. The first-order valence-corrected chi connectivity index (χ1v) is 9.31. The molecule has 0 radical (unpaired) electrons. The Morgan fingerprint density at radius 3 is 1.19 bits per heavy atom. The standard InChI is InChI=1S/C14H29.2Zn/c1-3-5-7-9-11-13-14-12-10-8-6-4-2;;/h1,3-14H2,2H3;;. The fourth-order valence-electron chi connectivity index (χ4n) is 2.02. The zero-order valence-electron chi connectivity index (χ0n) is 11.6. The van der Waals surface area contributed by atoms with Crippen LogP contribution in [0.1, 0.15) is 84.0 Å². The zero-order valence-corrected chi connectivity index (χ0v) is 17.5. The van der Waals surface area contributed by atoms with Gasteiger partial charge in [0.1, 0.15) is 0 Å². The predicted octanol–water partition coefficient (Wildman–Crippen LogP) is 5.65. The van der Waals surface area contributed by atoms with E-state index in [-0.39, 0.29) is 19.5 Å². The van der Waals surface area contributed by atoms with E-state index in [4.69, 9.17) is 0 Å². The zero-order chi connectivity index (χ0) is 11.2. The number of hydrogen-bond acceptors (Lipinski definition) is 0. The third kappa shape index (κ3) is 17.6. The van der Waals surface area contributed by atoms with Gasteiger partial charge < -0.3 is 0 Å². The molecule has 0 bridgehead atoms. The van der Waals surface area contributed by atoms with E-state index in [1.54, 1.807) is 0 Å². The van der Waals surface area contributed by atoms with Crippen LogP contribution in [-0.4, -0.2) is 0 Å². The van der Waals surface area contributed by atoms with Crippen LogP contribution in [0.25, 0.3) is 0 Å². The van der Waals surface area contributed by atoms with Crippen molar-refractivity contribution in [2.24, 2.45) is 0 Å². The molecule has 0 nitrogen and oxygen atoms in total. The molecule has 0 rings (SSSR count). The maximum absolute atomic E-state index is 2.29. The van der Waals surface area contributed by atoms with Gasteiger partial charge in [-0.05, 0) is 0 Å². The first kappa shape index (κ1) is 19.6. The molecule has 0 aliphatic heterocycles. The van der Waals surface area contributed by atoms with E-state index in [1.807, 2.05) is 0 Å². The second-order valence-electron chi connectivity index (χ2n) is 4.74. The van der Waals surface area contributed by atoms with Gasteiger partial charge in [-0.3, -0.25) is 0 Å². The Hall–Kier alpha value is 1.25. The van der Waals surface area contributed by atoms with Crippen molar-refractivity contribution in [1.29, 1.82) is 0 Å². The average molecular weight is 328 g/mol. The van der Waals surface area contributed by atoms with Crippen LogP contribution in [0.3, 0.4) is 0 Å². The second kappa shape index (κ2) is 18.6. The van der Waals surface area contributed by atoms with Crippen LogP contribution >= 0.6 is 0 Å². The summed E-state index contributed by atoms with van der Waals surface area (Å²) in [5.74, 6) is 0. The Bertz CT molecular complexity index is 92.9. The predicted molar refractivity (Wildman–Crippen MR) is 65.9 cm³/mol. The Morgan fingerprint density at radius 1 is 0.562 bits per heavy atom. The molecule has 0 aliphatic rings. The van der Waals surface area contributed by atoms with Crippen molar-refractivity contribution < 1.29 is 37.8 Å². The van der Waals surface area contributed by atoms with Crippen LogP contribution in [0.15, 0.2) is 0 Å². The molecule has 0 aromatic heterocycles. The van der Waals surface area contributed by atoms with Gasteiger partial charge in [0.05, 0.1) is 0 Å². The Labute approximate surface area is 126 Å². The smallest absolute Gasteiger partial charge is 0 e. The van der Waals surface area contributed by atoms with Gasteiger partial charge in [-0.1, -0.05) is 13.3 Å². The minimum atomic E-state index is 0. The largest absolute Gasteiger partial charge is 0 e. The van der Waals surface area contributed by atoms with Crippen molar-refractivity contribution in [3.8, 4) is 0 Å². The fraction of sp³-hybridized carbons (Fsp3) is 1.00. The SMILES string of the molecule is CCCCCCCCCCCCC[CH2][Zn].[Zn]. The molecule has 0 heterocycles. The Morgan fingerprint density at radius 2 is 0.875 bits per heavy atom. The molecule has 0 aliphatic carbocycles. The Balaban J connectivity index is 0. The number of unbranched alkanes of at least 4 members (excludes halogenated alkanes) is 11. The number of hydrogen-bond donors (Lipinski definition) is 0. The summed E-state index contributed by atoms with van der Waals surface area (Å²) < 4.78 is 0.